The molecule has 0 aromatic carbocycles. The lowest BCUT2D eigenvalue weighted by atomic mass is 10.1. The zero-order valence-electron chi connectivity index (χ0n) is 18.1. The Labute approximate surface area is 183 Å². The van der Waals surface area contributed by atoms with Gasteiger partial charge in [0, 0.05) is 50.1 Å². The quantitative estimate of drug-likeness (QED) is 0.705. The number of amides is 1. The number of sulfonamides is 1. The van der Waals surface area contributed by atoms with Gasteiger partial charge in [-0.25, -0.2) is 18.4 Å². The smallest absolute Gasteiger partial charge is 0.246 e. The van der Waals surface area contributed by atoms with Gasteiger partial charge in [0.15, 0.2) is 5.82 Å². The molecule has 0 unspecified atom stereocenters. The molecule has 2 aliphatic rings. The number of carbonyl (C=O) groups is 1. The van der Waals surface area contributed by atoms with E-state index in [1.165, 1.54) is 10.5 Å². The summed E-state index contributed by atoms with van der Waals surface area (Å²) >= 11 is 0. The molecule has 0 bridgehead atoms. The SMILES string of the molecule is CC(C)c1nc(-c2cccnc2)ncc1S(=O)(=O)N1CCN(C(=O)C2CCCC2)CC1. The minimum atomic E-state index is -3.75. The van der Waals surface area contributed by atoms with Crippen LogP contribution in [-0.4, -0.2) is 64.7 Å². The molecule has 2 aromatic rings. The van der Waals surface area contributed by atoms with Crippen LogP contribution in [0.15, 0.2) is 35.6 Å². The highest BCUT2D eigenvalue weighted by atomic mass is 32.2. The summed E-state index contributed by atoms with van der Waals surface area (Å²) in [7, 11) is -3.75. The van der Waals surface area contributed by atoms with Gasteiger partial charge in [0.1, 0.15) is 4.90 Å². The normalized spacial score (nSPS) is 18.6. The maximum atomic E-state index is 13.4. The summed E-state index contributed by atoms with van der Waals surface area (Å²) < 4.78 is 28.3. The molecule has 2 fully saturated rings. The Morgan fingerprint density at radius 1 is 1.10 bits per heavy atom. The summed E-state index contributed by atoms with van der Waals surface area (Å²) in [4.78, 5) is 27.6. The zero-order chi connectivity index (χ0) is 22.0. The Morgan fingerprint density at radius 3 is 2.42 bits per heavy atom. The van der Waals surface area contributed by atoms with Gasteiger partial charge in [-0.3, -0.25) is 9.78 Å². The van der Waals surface area contributed by atoms with E-state index in [0.717, 1.165) is 31.2 Å². The molecule has 166 valence electrons. The summed E-state index contributed by atoms with van der Waals surface area (Å²) in [6.07, 6.45) is 8.87. The van der Waals surface area contributed by atoms with Crippen molar-refractivity contribution >= 4 is 15.9 Å². The average Bonchev–Trinajstić information content (AvgIpc) is 3.34. The van der Waals surface area contributed by atoms with Crippen molar-refractivity contribution in [2.75, 3.05) is 26.2 Å². The van der Waals surface area contributed by atoms with E-state index in [2.05, 4.69) is 15.0 Å². The van der Waals surface area contributed by atoms with E-state index in [9.17, 15) is 13.2 Å². The fourth-order valence-electron chi connectivity index (χ4n) is 4.35. The Balaban J connectivity index is 1.54. The number of piperazine rings is 1. The van der Waals surface area contributed by atoms with Crippen molar-refractivity contribution in [2.24, 2.45) is 5.92 Å². The zero-order valence-corrected chi connectivity index (χ0v) is 18.9. The molecule has 0 atom stereocenters. The molecular weight excluding hydrogens is 414 g/mol. The minimum Gasteiger partial charge on any atom is -0.340 e. The predicted molar refractivity (Wildman–Crippen MR) is 117 cm³/mol. The molecule has 0 radical (unpaired) electrons. The molecule has 3 heterocycles. The largest absolute Gasteiger partial charge is 0.340 e. The lowest BCUT2D eigenvalue weighted by Crippen LogP contribution is -2.51. The van der Waals surface area contributed by atoms with Gasteiger partial charge in [0.2, 0.25) is 15.9 Å². The van der Waals surface area contributed by atoms with Crippen molar-refractivity contribution in [3.05, 3.63) is 36.4 Å². The van der Waals surface area contributed by atoms with Gasteiger partial charge in [-0.2, -0.15) is 4.31 Å². The summed E-state index contributed by atoms with van der Waals surface area (Å²) in [6, 6.07) is 3.64. The molecule has 1 aliphatic carbocycles. The Bertz CT molecular complexity index is 1030. The molecule has 0 spiro atoms. The van der Waals surface area contributed by atoms with Crippen LogP contribution < -0.4 is 0 Å². The van der Waals surface area contributed by atoms with E-state index in [0.29, 0.717) is 37.7 Å². The third kappa shape index (κ3) is 4.48. The van der Waals surface area contributed by atoms with Crippen LogP contribution in [0.25, 0.3) is 11.4 Å². The van der Waals surface area contributed by atoms with Crippen LogP contribution in [0.5, 0.6) is 0 Å². The number of pyridine rings is 1. The molecule has 31 heavy (non-hydrogen) atoms. The molecular formula is C22H29N5O3S. The van der Waals surface area contributed by atoms with E-state index < -0.39 is 10.0 Å². The first-order valence-corrected chi connectivity index (χ1v) is 12.4. The van der Waals surface area contributed by atoms with Crippen LogP contribution in [0.4, 0.5) is 0 Å². The minimum absolute atomic E-state index is 0.0894. The number of rotatable bonds is 5. The van der Waals surface area contributed by atoms with Gasteiger partial charge in [-0.15, -0.1) is 0 Å². The van der Waals surface area contributed by atoms with Crippen LogP contribution in [-0.2, 0) is 14.8 Å². The second-order valence-corrected chi connectivity index (χ2v) is 10.5. The predicted octanol–water partition coefficient (Wildman–Crippen LogP) is 2.69. The topological polar surface area (TPSA) is 96.4 Å². The van der Waals surface area contributed by atoms with Crippen molar-refractivity contribution in [1.29, 1.82) is 0 Å². The van der Waals surface area contributed by atoms with Gasteiger partial charge in [0.25, 0.3) is 0 Å². The molecule has 1 aliphatic heterocycles. The first-order chi connectivity index (χ1) is 14.9. The van der Waals surface area contributed by atoms with Crippen molar-refractivity contribution in [3.8, 4) is 11.4 Å². The number of hydrogen-bond acceptors (Lipinski definition) is 6. The summed E-state index contributed by atoms with van der Waals surface area (Å²) in [5, 5.41) is 0. The molecule has 1 saturated heterocycles. The van der Waals surface area contributed by atoms with Gasteiger partial charge in [0.05, 0.1) is 11.9 Å². The van der Waals surface area contributed by atoms with Crippen molar-refractivity contribution in [3.63, 3.8) is 0 Å². The highest BCUT2D eigenvalue weighted by molar-refractivity contribution is 7.89. The molecule has 0 N–H and O–H groups in total. The molecule has 1 amide bonds. The Morgan fingerprint density at radius 2 is 1.81 bits per heavy atom. The standard InChI is InChI=1S/C22H29N5O3S/c1-16(2)20-19(15-24-21(25-20)18-8-5-9-23-14-18)31(29,30)27-12-10-26(11-13-27)22(28)17-6-3-4-7-17/h5,8-9,14-17H,3-4,6-7,10-13H2,1-2H3. The molecule has 1 saturated carbocycles. The highest BCUT2D eigenvalue weighted by Gasteiger charge is 2.35. The van der Waals surface area contributed by atoms with E-state index in [-0.39, 0.29) is 22.6 Å². The first-order valence-electron chi connectivity index (χ1n) is 10.9. The second-order valence-electron chi connectivity index (χ2n) is 8.55. The monoisotopic (exact) mass is 443 g/mol. The molecule has 9 heteroatoms. The van der Waals surface area contributed by atoms with Crippen LogP contribution >= 0.6 is 0 Å². The third-order valence-electron chi connectivity index (χ3n) is 6.12. The van der Waals surface area contributed by atoms with Crippen molar-refractivity contribution in [2.45, 2.75) is 50.3 Å². The van der Waals surface area contributed by atoms with Gasteiger partial charge in [-0.1, -0.05) is 26.7 Å². The molecule has 2 aromatic heterocycles. The second kappa shape index (κ2) is 9.00. The van der Waals surface area contributed by atoms with Crippen LogP contribution in [0.2, 0.25) is 0 Å². The van der Waals surface area contributed by atoms with Crippen molar-refractivity contribution in [1.82, 2.24) is 24.2 Å². The fourth-order valence-corrected chi connectivity index (χ4v) is 6.00. The third-order valence-corrected chi connectivity index (χ3v) is 8.04. The summed E-state index contributed by atoms with van der Waals surface area (Å²) in [5.41, 5.74) is 1.24. The van der Waals surface area contributed by atoms with Crippen LogP contribution in [0.3, 0.4) is 0 Å². The summed E-state index contributed by atoms with van der Waals surface area (Å²) in [5.74, 6) is 0.668. The van der Waals surface area contributed by atoms with E-state index in [1.807, 2.05) is 24.8 Å². The maximum Gasteiger partial charge on any atom is 0.246 e. The summed E-state index contributed by atoms with van der Waals surface area (Å²) in [6.45, 7) is 5.30. The Kier molecular flexibility index (Phi) is 6.34. The maximum absolute atomic E-state index is 13.4. The highest BCUT2D eigenvalue weighted by Crippen LogP contribution is 2.29. The Hall–Kier alpha value is -2.39. The van der Waals surface area contributed by atoms with E-state index >= 15 is 0 Å². The van der Waals surface area contributed by atoms with Gasteiger partial charge in [-0.05, 0) is 30.9 Å². The molecule has 4 rings (SSSR count). The van der Waals surface area contributed by atoms with E-state index in [4.69, 9.17) is 0 Å². The number of aromatic nitrogens is 3. The number of nitrogens with zero attached hydrogens (tertiary/aromatic N) is 5. The van der Waals surface area contributed by atoms with Crippen LogP contribution in [0, 0.1) is 5.92 Å². The molecule has 8 nitrogen and oxygen atoms in total. The number of hydrogen-bond donors (Lipinski definition) is 0. The van der Waals surface area contributed by atoms with Crippen LogP contribution in [0.1, 0.15) is 51.1 Å². The van der Waals surface area contributed by atoms with E-state index in [1.54, 1.807) is 18.5 Å². The average molecular weight is 444 g/mol. The first kappa shape index (κ1) is 21.8. The van der Waals surface area contributed by atoms with Gasteiger partial charge >= 0.3 is 0 Å². The van der Waals surface area contributed by atoms with Crippen molar-refractivity contribution < 1.29 is 13.2 Å². The number of carbonyl (C=O) groups excluding carboxylic acids is 1. The lowest BCUT2D eigenvalue weighted by Gasteiger charge is -2.35. The lowest BCUT2D eigenvalue weighted by molar-refractivity contribution is -0.136. The van der Waals surface area contributed by atoms with Gasteiger partial charge < -0.3 is 4.90 Å². The fraction of sp³-hybridized carbons (Fsp3) is 0.545.